The zero-order valence-corrected chi connectivity index (χ0v) is 16.3. The van der Waals surface area contributed by atoms with Gasteiger partial charge >= 0.3 is 0 Å². The normalized spacial score (nSPS) is 12.2. The fourth-order valence-electron chi connectivity index (χ4n) is 3.21. The molecule has 1 atom stereocenters. The van der Waals surface area contributed by atoms with Crippen molar-refractivity contribution in [2.45, 2.75) is 33.3 Å². The first-order valence-electron chi connectivity index (χ1n) is 9.38. The minimum atomic E-state index is -0.929. The van der Waals surface area contributed by atoms with Crippen molar-refractivity contribution in [2.75, 3.05) is 0 Å². The Labute approximate surface area is 164 Å². The van der Waals surface area contributed by atoms with Gasteiger partial charge in [-0.15, -0.1) is 0 Å². The first kappa shape index (κ1) is 19.9. The highest BCUT2D eigenvalue weighted by atomic mass is 19.1. The lowest BCUT2D eigenvalue weighted by atomic mass is 9.91. The van der Waals surface area contributed by atoms with Crippen molar-refractivity contribution in [3.8, 4) is 11.1 Å². The number of ketones is 1. The number of nitrogens with zero attached hydrogens (tertiary/aromatic N) is 1. The number of aliphatic hydroxyl groups is 1. The Morgan fingerprint density at radius 1 is 1.04 bits per heavy atom. The van der Waals surface area contributed by atoms with Gasteiger partial charge in [0, 0.05) is 29.9 Å². The molecule has 0 amide bonds. The van der Waals surface area contributed by atoms with Crippen LogP contribution >= 0.6 is 0 Å². The highest BCUT2D eigenvalue weighted by Crippen LogP contribution is 2.31. The Kier molecular flexibility index (Phi) is 6.00. The summed E-state index contributed by atoms with van der Waals surface area (Å²) in [5.41, 5.74) is 3.51. The second-order valence-electron chi connectivity index (χ2n) is 7.53. The van der Waals surface area contributed by atoms with Gasteiger partial charge in [-0.1, -0.05) is 26.0 Å². The largest absolute Gasteiger partial charge is 0.384 e. The van der Waals surface area contributed by atoms with E-state index in [1.54, 1.807) is 48.8 Å². The number of carbonyl (C=O) groups is 1. The van der Waals surface area contributed by atoms with Gasteiger partial charge in [-0.25, -0.2) is 4.39 Å². The van der Waals surface area contributed by atoms with E-state index in [9.17, 15) is 14.3 Å². The van der Waals surface area contributed by atoms with Crippen LogP contribution in [0.1, 0.15) is 53.4 Å². The maximum Gasteiger partial charge on any atom is 0.163 e. The monoisotopic (exact) mass is 377 g/mol. The Balaban J connectivity index is 2.12. The molecule has 0 spiro atoms. The lowest BCUT2D eigenvalue weighted by Crippen LogP contribution is -2.07. The molecular formula is C24H24FNO2. The van der Waals surface area contributed by atoms with Gasteiger partial charge in [-0.05, 0) is 71.5 Å². The third kappa shape index (κ3) is 4.52. The lowest BCUT2D eigenvalue weighted by molar-refractivity contribution is 0.0967. The maximum atomic E-state index is 14.6. The number of hydrogen-bond acceptors (Lipinski definition) is 3. The molecule has 0 aliphatic rings. The predicted molar refractivity (Wildman–Crippen MR) is 109 cm³/mol. The standard InChI is InChI=1S/C24H24FNO2/c1-15(2)10-23(27)19-12-18(21-5-4-16(3)11-22(21)25)13-20(14-19)24(28)17-6-8-26-9-7-17/h4-9,11-15,24,28H,10H2,1-3H3. The summed E-state index contributed by atoms with van der Waals surface area (Å²) in [6.45, 7) is 5.79. The number of aliphatic hydroxyl groups excluding tert-OH is 1. The molecule has 2 aromatic carbocycles. The SMILES string of the molecule is Cc1ccc(-c2cc(C(=O)CC(C)C)cc(C(O)c3ccncc3)c2)c(F)c1. The van der Waals surface area contributed by atoms with Crippen molar-refractivity contribution >= 4 is 5.78 Å². The Bertz CT molecular complexity index is 983. The van der Waals surface area contributed by atoms with Crippen LogP contribution in [0.3, 0.4) is 0 Å². The number of Topliss-reactive ketones (excluding diaryl/α,β-unsaturated/α-hetero) is 1. The smallest absolute Gasteiger partial charge is 0.163 e. The molecule has 0 fully saturated rings. The third-order valence-electron chi connectivity index (χ3n) is 4.64. The molecule has 3 nitrogen and oxygen atoms in total. The molecule has 0 saturated carbocycles. The van der Waals surface area contributed by atoms with Crippen LogP contribution in [0.4, 0.5) is 4.39 Å². The fourth-order valence-corrected chi connectivity index (χ4v) is 3.21. The molecule has 1 aromatic heterocycles. The summed E-state index contributed by atoms with van der Waals surface area (Å²) in [4.78, 5) is 16.7. The van der Waals surface area contributed by atoms with Crippen LogP contribution in [-0.4, -0.2) is 15.9 Å². The second kappa shape index (κ2) is 8.44. The van der Waals surface area contributed by atoms with Crippen LogP contribution in [0.5, 0.6) is 0 Å². The zero-order valence-electron chi connectivity index (χ0n) is 16.3. The minimum absolute atomic E-state index is 0.0208. The average Bonchev–Trinajstić information content (AvgIpc) is 2.67. The summed E-state index contributed by atoms with van der Waals surface area (Å²) in [5.74, 6) is -0.161. The van der Waals surface area contributed by atoms with Gasteiger partial charge in [-0.2, -0.15) is 0 Å². The summed E-state index contributed by atoms with van der Waals surface area (Å²) in [7, 11) is 0. The van der Waals surface area contributed by atoms with Crippen molar-refractivity contribution in [1.29, 1.82) is 0 Å². The zero-order chi connectivity index (χ0) is 20.3. The number of carbonyl (C=O) groups excluding carboxylic acids is 1. The molecular weight excluding hydrogens is 353 g/mol. The van der Waals surface area contributed by atoms with E-state index in [0.29, 0.717) is 34.2 Å². The van der Waals surface area contributed by atoms with Gasteiger partial charge in [0.05, 0.1) is 0 Å². The van der Waals surface area contributed by atoms with Gasteiger partial charge in [-0.3, -0.25) is 9.78 Å². The molecule has 1 unspecified atom stereocenters. The molecule has 0 aliphatic heterocycles. The summed E-state index contributed by atoms with van der Waals surface area (Å²) < 4.78 is 14.6. The van der Waals surface area contributed by atoms with Crippen LogP contribution in [0.25, 0.3) is 11.1 Å². The summed E-state index contributed by atoms with van der Waals surface area (Å²) in [6, 6.07) is 13.6. The minimum Gasteiger partial charge on any atom is -0.384 e. The third-order valence-corrected chi connectivity index (χ3v) is 4.64. The number of aryl methyl sites for hydroxylation is 1. The topological polar surface area (TPSA) is 50.2 Å². The van der Waals surface area contributed by atoms with Crippen molar-refractivity contribution in [1.82, 2.24) is 4.98 Å². The van der Waals surface area contributed by atoms with Crippen LogP contribution in [-0.2, 0) is 0 Å². The molecule has 0 aliphatic carbocycles. The van der Waals surface area contributed by atoms with Gasteiger partial charge in [0.2, 0.25) is 0 Å². The number of benzene rings is 2. The van der Waals surface area contributed by atoms with E-state index in [0.717, 1.165) is 5.56 Å². The maximum absolute atomic E-state index is 14.6. The van der Waals surface area contributed by atoms with Crippen LogP contribution in [0.2, 0.25) is 0 Å². The Morgan fingerprint density at radius 3 is 2.39 bits per heavy atom. The molecule has 28 heavy (non-hydrogen) atoms. The van der Waals surface area contributed by atoms with E-state index in [1.165, 1.54) is 6.07 Å². The van der Waals surface area contributed by atoms with Crippen molar-refractivity contribution in [3.05, 3.63) is 89.0 Å². The van der Waals surface area contributed by atoms with Gasteiger partial charge < -0.3 is 5.11 Å². The summed E-state index contributed by atoms with van der Waals surface area (Å²) >= 11 is 0. The molecule has 144 valence electrons. The molecule has 4 heteroatoms. The van der Waals surface area contributed by atoms with Gasteiger partial charge in [0.25, 0.3) is 0 Å². The van der Waals surface area contributed by atoms with E-state index >= 15 is 0 Å². The van der Waals surface area contributed by atoms with E-state index in [2.05, 4.69) is 4.98 Å². The number of pyridine rings is 1. The van der Waals surface area contributed by atoms with Gasteiger partial charge in [0.15, 0.2) is 5.78 Å². The summed E-state index contributed by atoms with van der Waals surface area (Å²) in [6.07, 6.45) is 2.67. The molecule has 0 radical (unpaired) electrons. The molecule has 3 aromatic rings. The van der Waals surface area contributed by atoms with E-state index in [1.807, 2.05) is 26.8 Å². The van der Waals surface area contributed by atoms with Crippen molar-refractivity contribution in [3.63, 3.8) is 0 Å². The first-order chi connectivity index (χ1) is 13.3. The van der Waals surface area contributed by atoms with Crippen LogP contribution in [0.15, 0.2) is 60.9 Å². The number of rotatable bonds is 6. The predicted octanol–water partition coefficient (Wildman–Crippen LogP) is 5.51. The Morgan fingerprint density at radius 2 is 1.75 bits per heavy atom. The number of halogens is 1. The fraction of sp³-hybridized carbons (Fsp3) is 0.250. The van der Waals surface area contributed by atoms with Gasteiger partial charge in [0.1, 0.15) is 11.9 Å². The number of hydrogen-bond donors (Lipinski definition) is 1. The van der Waals surface area contributed by atoms with Crippen molar-refractivity contribution < 1.29 is 14.3 Å². The summed E-state index contributed by atoms with van der Waals surface area (Å²) in [5, 5.41) is 10.8. The highest BCUT2D eigenvalue weighted by molar-refractivity contribution is 5.97. The molecule has 3 rings (SSSR count). The quantitative estimate of drug-likeness (QED) is 0.577. The first-order valence-corrected chi connectivity index (χ1v) is 9.38. The average molecular weight is 377 g/mol. The van der Waals surface area contributed by atoms with E-state index < -0.39 is 6.10 Å². The van der Waals surface area contributed by atoms with Crippen LogP contribution < -0.4 is 0 Å². The number of aromatic nitrogens is 1. The van der Waals surface area contributed by atoms with Crippen molar-refractivity contribution in [2.24, 2.45) is 5.92 Å². The molecule has 1 heterocycles. The Hall–Kier alpha value is -2.85. The van der Waals surface area contributed by atoms with Crippen LogP contribution in [0, 0.1) is 18.7 Å². The van der Waals surface area contributed by atoms with E-state index in [-0.39, 0.29) is 17.5 Å². The molecule has 1 N–H and O–H groups in total. The second-order valence-corrected chi connectivity index (χ2v) is 7.53. The molecule has 0 saturated heterocycles. The highest BCUT2D eigenvalue weighted by Gasteiger charge is 2.18. The molecule has 0 bridgehead atoms. The van der Waals surface area contributed by atoms with E-state index in [4.69, 9.17) is 0 Å². The lowest BCUT2D eigenvalue weighted by Gasteiger charge is -2.16.